The number of hydrogen-bond donors (Lipinski definition) is 0. The van der Waals surface area contributed by atoms with Crippen LogP contribution >= 0.6 is 0 Å². The van der Waals surface area contributed by atoms with Crippen LogP contribution in [0.5, 0.6) is 5.75 Å². The maximum absolute atomic E-state index is 6.27. The summed E-state index contributed by atoms with van der Waals surface area (Å²) in [6.07, 6.45) is 4.21. The average Bonchev–Trinajstić information content (AvgIpc) is 2.84. The molecule has 0 N–H and O–H groups in total. The third-order valence-corrected chi connectivity index (χ3v) is 4.46. The van der Waals surface area contributed by atoms with Crippen molar-refractivity contribution < 1.29 is 9.47 Å². The Hall–Kier alpha value is -1.02. The van der Waals surface area contributed by atoms with Crippen molar-refractivity contribution in [3.05, 3.63) is 29.8 Å². The lowest BCUT2D eigenvalue weighted by Crippen LogP contribution is -2.23. The Morgan fingerprint density at radius 3 is 2.56 bits per heavy atom. The van der Waals surface area contributed by atoms with Crippen molar-refractivity contribution in [1.29, 1.82) is 0 Å². The zero-order valence-electron chi connectivity index (χ0n) is 11.5. The van der Waals surface area contributed by atoms with Crippen LogP contribution < -0.4 is 4.74 Å². The van der Waals surface area contributed by atoms with Crippen LogP contribution in [-0.4, -0.2) is 18.8 Å². The van der Waals surface area contributed by atoms with Gasteiger partial charge in [-0.3, -0.25) is 0 Å². The molecule has 3 rings (SSSR count). The van der Waals surface area contributed by atoms with Crippen molar-refractivity contribution >= 4 is 0 Å². The van der Waals surface area contributed by atoms with Gasteiger partial charge in [0.25, 0.3) is 0 Å². The van der Waals surface area contributed by atoms with E-state index in [-0.39, 0.29) is 5.60 Å². The van der Waals surface area contributed by atoms with E-state index in [4.69, 9.17) is 9.47 Å². The summed E-state index contributed by atoms with van der Waals surface area (Å²) in [7, 11) is 1.71. The normalized spacial score (nSPS) is 33.4. The molecule has 0 spiro atoms. The lowest BCUT2D eigenvalue weighted by atomic mass is 9.92. The fraction of sp³-hybridized carbons (Fsp3) is 0.625. The average molecular weight is 246 g/mol. The van der Waals surface area contributed by atoms with E-state index in [1.165, 1.54) is 24.8 Å². The maximum atomic E-state index is 6.27. The van der Waals surface area contributed by atoms with Gasteiger partial charge in [-0.1, -0.05) is 12.1 Å². The van der Waals surface area contributed by atoms with E-state index >= 15 is 0 Å². The van der Waals surface area contributed by atoms with Gasteiger partial charge in [0.1, 0.15) is 5.75 Å². The summed E-state index contributed by atoms with van der Waals surface area (Å²) in [5.74, 6) is 2.26. The van der Waals surface area contributed by atoms with Crippen LogP contribution in [-0.2, 0) is 4.74 Å². The van der Waals surface area contributed by atoms with Crippen LogP contribution in [0.1, 0.15) is 44.6 Å². The maximum Gasteiger partial charge on any atom is 0.118 e. The third-order valence-electron chi connectivity index (χ3n) is 4.46. The molecular formula is C16H22O2. The van der Waals surface area contributed by atoms with Crippen LogP contribution in [0.4, 0.5) is 0 Å². The summed E-state index contributed by atoms with van der Waals surface area (Å²) in [4.78, 5) is 0. The van der Waals surface area contributed by atoms with E-state index in [2.05, 4.69) is 38.1 Å². The number of methoxy groups -OCH3 is 1. The van der Waals surface area contributed by atoms with Gasteiger partial charge in [0.15, 0.2) is 0 Å². The summed E-state index contributed by atoms with van der Waals surface area (Å²) in [6.45, 7) is 4.44. The minimum Gasteiger partial charge on any atom is -0.497 e. The van der Waals surface area contributed by atoms with Gasteiger partial charge in [0.2, 0.25) is 0 Å². The van der Waals surface area contributed by atoms with Gasteiger partial charge in [-0.2, -0.15) is 0 Å². The first kappa shape index (κ1) is 12.0. The second-order valence-corrected chi connectivity index (χ2v) is 6.26. The van der Waals surface area contributed by atoms with Crippen LogP contribution in [0, 0.1) is 5.92 Å². The molecule has 2 fully saturated rings. The number of benzene rings is 1. The van der Waals surface area contributed by atoms with Crippen molar-refractivity contribution in [2.45, 2.75) is 50.7 Å². The second-order valence-electron chi connectivity index (χ2n) is 6.26. The van der Waals surface area contributed by atoms with Gasteiger partial charge in [0.05, 0.1) is 18.8 Å². The highest BCUT2D eigenvalue weighted by atomic mass is 16.5. The highest BCUT2D eigenvalue weighted by molar-refractivity contribution is 5.31. The second kappa shape index (κ2) is 4.27. The Labute approximate surface area is 109 Å². The Morgan fingerprint density at radius 2 is 1.89 bits per heavy atom. The quantitative estimate of drug-likeness (QED) is 0.791. The van der Waals surface area contributed by atoms with Crippen LogP contribution in [0.3, 0.4) is 0 Å². The van der Waals surface area contributed by atoms with Crippen molar-refractivity contribution in [2.75, 3.05) is 7.11 Å². The number of ether oxygens (including phenoxy) is 2. The smallest absolute Gasteiger partial charge is 0.118 e. The van der Waals surface area contributed by atoms with Crippen molar-refractivity contribution in [3.8, 4) is 5.75 Å². The predicted molar refractivity (Wildman–Crippen MR) is 72.0 cm³/mol. The molecule has 1 saturated carbocycles. The van der Waals surface area contributed by atoms with Crippen LogP contribution in [0.15, 0.2) is 24.3 Å². The summed E-state index contributed by atoms with van der Waals surface area (Å²) in [5.41, 5.74) is 1.47. The molecule has 1 aromatic rings. The summed E-state index contributed by atoms with van der Waals surface area (Å²) >= 11 is 0. The minimum atomic E-state index is 0.0699. The van der Waals surface area contributed by atoms with E-state index in [1.807, 2.05) is 0 Å². The molecule has 98 valence electrons. The lowest BCUT2D eigenvalue weighted by Gasteiger charge is -2.24. The molecule has 1 aromatic carbocycles. The van der Waals surface area contributed by atoms with Crippen LogP contribution in [0.25, 0.3) is 0 Å². The van der Waals surface area contributed by atoms with Gasteiger partial charge in [-0.25, -0.2) is 0 Å². The number of fused-ring (bicyclic) bond motifs is 1. The molecule has 1 saturated heterocycles. The monoisotopic (exact) mass is 246 g/mol. The molecule has 1 heterocycles. The van der Waals surface area contributed by atoms with Crippen molar-refractivity contribution in [2.24, 2.45) is 5.92 Å². The third kappa shape index (κ3) is 2.03. The first-order valence-corrected chi connectivity index (χ1v) is 6.91. The Balaban J connectivity index is 1.80. The minimum absolute atomic E-state index is 0.0699. The molecular weight excluding hydrogens is 224 g/mol. The Morgan fingerprint density at radius 1 is 1.17 bits per heavy atom. The van der Waals surface area contributed by atoms with E-state index in [0.29, 0.717) is 12.0 Å². The molecule has 0 aromatic heterocycles. The topological polar surface area (TPSA) is 18.5 Å². The molecule has 2 heteroatoms. The molecule has 1 aliphatic heterocycles. The zero-order chi connectivity index (χ0) is 12.8. The lowest BCUT2D eigenvalue weighted by molar-refractivity contribution is -0.0250. The predicted octanol–water partition coefficient (Wildman–Crippen LogP) is 3.76. The highest BCUT2D eigenvalue weighted by Crippen LogP contribution is 2.50. The van der Waals surface area contributed by atoms with E-state index in [0.717, 1.165) is 11.7 Å². The zero-order valence-corrected chi connectivity index (χ0v) is 11.5. The molecule has 0 amide bonds. The van der Waals surface area contributed by atoms with E-state index < -0.39 is 0 Å². The fourth-order valence-corrected chi connectivity index (χ4v) is 3.70. The van der Waals surface area contributed by atoms with Gasteiger partial charge in [0, 0.05) is 5.92 Å². The van der Waals surface area contributed by atoms with Crippen molar-refractivity contribution in [1.82, 2.24) is 0 Å². The first-order valence-electron chi connectivity index (χ1n) is 6.91. The largest absolute Gasteiger partial charge is 0.497 e. The molecule has 2 aliphatic rings. The first-order chi connectivity index (χ1) is 8.59. The van der Waals surface area contributed by atoms with E-state index in [9.17, 15) is 0 Å². The molecule has 18 heavy (non-hydrogen) atoms. The molecule has 2 nitrogen and oxygen atoms in total. The Kier molecular flexibility index (Phi) is 2.86. The molecule has 0 bridgehead atoms. The summed E-state index contributed by atoms with van der Waals surface area (Å²) in [5, 5.41) is 0. The number of rotatable bonds is 2. The molecule has 1 aliphatic carbocycles. The molecule has 0 unspecified atom stereocenters. The summed E-state index contributed by atoms with van der Waals surface area (Å²) in [6, 6.07) is 8.51. The Bertz CT molecular complexity index is 421. The van der Waals surface area contributed by atoms with Gasteiger partial charge < -0.3 is 9.47 Å². The molecule has 0 radical (unpaired) electrons. The molecule has 3 atom stereocenters. The SMILES string of the molecule is COc1ccc([C@@H]2CC[C@@H]3CC(C)(C)O[C@@H]32)cc1. The van der Waals surface area contributed by atoms with Crippen molar-refractivity contribution in [3.63, 3.8) is 0 Å². The van der Waals surface area contributed by atoms with Gasteiger partial charge in [-0.05, 0) is 56.7 Å². The highest BCUT2D eigenvalue weighted by Gasteiger charge is 2.47. The number of hydrogen-bond acceptors (Lipinski definition) is 2. The van der Waals surface area contributed by atoms with Gasteiger partial charge in [-0.15, -0.1) is 0 Å². The summed E-state index contributed by atoms with van der Waals surface area (Å²) < 4.78 is 11.5. The van der Waals surface area contributed by atoms with E-state index in [1.54, 1.807) is 7.11 Å². The standard InChI is InChI=1S/C16H22O2/c1-16(2)10-12-6-9-14(15(12)18-16)11-4-7-13(17-3)8-5-11/h4-5,7-8,12,14-15H,6,9-10H2,1-3H3/t12-,14+,15+/m1/s1. The van der Waals surface area contributed by atoms with Crippen LogP contribution in [0.2, 0.25) is 0 Å². The van der Waals surface area contributed by atoms with Gasteiger partial charge >= 0.3 is 0 Å². The fourth-order valence-electron chi connectivity index (χ4n) is 3.70.